The number of carbonyl (C=O) groups is 1. The summed E-state index contributed by atoms with van der Waals surface area (Å²) >= 11 is 0. The van der Waals surface area contributed by atoms with Gasteiger partial charge in [-0.3, -0.25) is 4.68 Å². The van der Waals surface area contributed by atoms with Crippen molar-refractivity contribution in [2.24, 2.45) is 0 Å². The third-order valence-corrected chi connectivity index (χ3v) is 3.84. The Balaban J connectivity index is 1.66. The Kier molecular flexibility index (Phi) is 3.98. The smallest absolute Gasteiger partial charge is 0.377 e. The van der Waals surface area contributed by atoms with Gasteiger partial charge in [-0.25, -0.2) is 14.5 Å². The monoisotopic (exact) mass is 289 g/mol. The van der Waals surface area contributed by atoms with Crippen LogP contribution >= 0.6 is 0 Å². The van der Waals surface area contributed by atoms with Crippen molar-refractivity contribution >= 4 is 5.97 Å². The van der Waals surface area contributed by atoms with Crippen molar-refractivity contribution in [3.8, 4) is 0 Å². The van der Waals surface area contributed by atoms with Gasteiger partial charge in [-0.1, -0.05) is 19.3 Å². The topological polar surface area (TPSA) is 74.8 Å². The predicted molar refractivity (Wildman–Crippen MR) is 74.8 cm³/mol. The minimum absolute atomic E-state index is 0.0733. The van der Waals surface area contributed by atoms with Crippen LogP contribution in [-0.4, -0.2) is 37.6 Å². The minimum Gasteiger partial charge on any atom is -0.463 e. The van der Waals surface area contributed by atoms with E-state index in [9.17, 15) is 4.79 Å². The molecule has 0 bridgehead atoms. The van der Waals surface area contributed by atoms with Crippen molar-refractivity contribution in [3.05, 3.63) is 30.1 Å². The number of methoxy groups -OCH3 is 1. The largest absolute Gasteiger partial charge is 0.463 e. The van der Waals surface area contributed by atoms with Crippen LogP contribution in [0.2, 0.25) is 0 Å². The van der Waals surface area contributed by atoms with Crippen molar-refractivity contribution in [2.75, 3.05) is 7.11 Å². The third-order valence-electron chi connectivity index (χ3n) is 3.84. The van der Waals surface area contributed by atoms with E-state index in [1.54, 1.807) is 4.68 Å². The van der Waals surface area contributed by atoms with Crippen LogP contribution in [0.4, 0.5) is 0 Å². The maximum absolute atomic E-state index is 11.3. The zero-order chi connectivity index (χ0) is 14.7. The minimum atomic E-state index is -0.526. The molecule has 0 atom stereocenters. The fourth-order valence-electron chi connectivity index (χ4n) is 2.73. The predicted octanol–water partition coefficient (Wildman–Crippen LogP) is 1.81. The van der Waals surface area contributed by atoms with Crippen LogP contribution in [-0.2, 0) is 11.3 Å². The van der Waals surface area contributed by atoms with Crippen LogP contribution in [0.15, 0.2) is 18.6 Å². The van der Waals surface area contributed by atoms with Crippen LogP contribution in [0.25, 0.3) is 0 Å². The summed E-state index contributed by atoms with van der Waals surface area (Å²) in [6.45, 7) is 0.504. The van der Waals surface area contributed by atoms with Gasteiger partial charge in [0.05, 0.1) is 25.4 Å². The van der Waals surface area contributed by atoms with Crippen LogP contribution < -0.4 is 0 Å². The number of aromatic nitrogens is 5. The lowest BCUT2D eigenvalue weighted by Crippen LogP contribution is -2.14. The Morgan fingerprint density at radius 2 is 2.14 bits per heavy atom. The zero-order valence-electron chi connectivity index (χ0n) is 12.1. The molecule has 0 saturated heterocycles. The summed E-state index contributed by atoms with van der Waals surface area (Å²) in [5.41, 5.74) is 0.918. The highest BCUT2D eigenvalue weighted by Crippen LogP contribution is 2.27. The van der Waals surface area contributed by atoms with Crippen molar-refractivity contribution in [1.29, 1.82) is 0 Å². The molecule has 0 aliphatic heterocycles. The van der Waals surface area contributed by atoms with E-state index in [1.165, 1.54) is 45.5 Å². The van der Waals surface area contributed by atoms with E-state index in [-0.39, 0.29) is 5.82 Å². The Labute approximate surface area is 122 Å². The Bertz CT molecular complexity index is 612. The molecule has 1 fully saturated rings. The van der Waals surface area contributed by atoms with E-state index in [0.717, 1.165) is 5.69 Å². The highest BCUT2D eigenvalue weighted by molar-refractivity contribution is 5.84. The second-order valence-corrected chi connectivity index (χ2v) is 5.34. The summed E-state index contributed by atoms with van der Waals surface area (Å²) in [6.07, 6.45) is 9.86. The lowest BCUT2D eigenvalue weighted by atomic mass is 9.96. The highest BCUT2D eigenvalue weighted by atomic mass is 16.5. The van der Waals surface area contributed by atoms with Gasteiger partial charge in [-0.05, 0) is 18.9 Å². The summed E-state index contributed by atoms with van der Waals surface area (Å²) in [5, 5.41) is 8.70. The number of hydrogen-bond acceptors (Lipinski definition) is 5. The summed E-state index contributed by atoms with van der Waals surface area (Å²) in [4.78, 5) is 15.2. The van der Waals surface area contributed by atoms with Gasteiger partial charge in [0.2, 0.25) is 0 Å². The summed E-state index contributed by atoms with van der Waals surface area (Å²) < 4.78 is 8.25. The van der Waals surface area contributed by atoms with Gasteiger partial charge in [0.1, 0.15) is 6.33 Å². The molecular formula is C14H19N5O2. The molecule has 0 radical (unpaired) electrons. The van der Waals surface area contributed by atoms with Crippen molar-refractivity contribution in [3.63, 3.8) is 0 Å². The van der Waals surface area contributed by atoms with E-state index in [2.05, 4.69) is 24.6 Å². The molecule has 0 spiro atoms. The average Bonchev–Trinajstić information content (AvgIpc) is 3.17. The summed E-state index contributed by atoms with van der Waals surface area (Å²) in [5.74, 6) is -0.453. The molecule has 2 aromatic heterocycles. The quantitative estimate of drug-likeness (QED) is 0.802. The van der Waals surface area contributed by atoms with Crippen molar-refractivity contribution in [2.45, 2.75) is 44.7 Å². The lowest BCUT2D eigenvalue weighted by Gasteiger charge is -2.21. The molecular weight excluding hydrogens is 270 g/mol. The molecule has 0 aromatic carbocycles. The first-order valence-corrected chi connectivity index (χ1v) is 7.28. The lowest BCUT2D eigenvalue weighted by molar-refractivity contribution is 0.0586. The van der Waals surface area contributed by atoms with E-state index >= 15 is 0 Å². The molecule has 0 unspecified atom stereocenters. The molecule has 21 heavy (non-hydrogen) atoms. The fraction of sp³-hybridized carbons (Fsp3) is 0.571. The van der Waals surface area contributed by atoms with Gasteiger partial charge in [-0.2, -0.15) is 5.10 Å². The number of nitrogens with zero attached hydrogens (tertiary/aromatic N) is 5. The number of rotatable bonds is 4. The first-order valence-electron chi connectivity index (χ1n) is 7.28. The average molecular weight is 289 g/mol. The van der Waals surface area contributed by atoms with Crippen LogP contribution in [0, 0.1) is 0 Å². The standard InChI is InChI=1S/C14H19N5O2/c1-21-14(20)13-15-10-18(17-13)9-11-7-8-19(16-11)12-5-3-2-4-6-12/h7-8,10,12H,2-6,9H2,1H3. The van der Waals surface area contributed by atoms with Crippen LogP contribution in [0.5, 0.6) is 0 Å². The van der Waals surface area contributed by atoms with Gasteiger partial charge in [0.25, 0.3) is 5.82 Å². The molecule has 2 heterocycles. The number of carbonyl (C=O) groups excluding carboxylic acids is 1. The molecule has 3 rings (SSSR count). The Morgan fingerprint density at radius 3 is 2.90 bits per heavy atom. The van der Waals surface area contributed by atoms with Gasteiger partial charge in [0.15, 0.2) is 0 Å². The van der Waals surface area contributed by atoms with Gasteiger partial charge in [-0.15, -0.1) is 5.10 Å². The fourth-order valence-corrected chi connectivity index (χ4v) is 2.73. The van der Waals surface area contributed by atoms with Crippen LogP contribution in [0.3, 0.4) is 0 Å². The maximum Gasteiger partial charge on any atom is 0.377 e. The number of hydrogen-bond donors (Lipinski definition) is 0. The molecule has 0 N–H and O–H groups in total. The van der Waals surface area contributed by atoms with Gasteiger partial charge in [0, 0.05) is 6.20 Å². The SMILES string of the molecule is COC(=O)c1ncn(Cc2ccn(C3CCCCC3)n2)n1. The highest BCUT2D eigenvalue weighted by Gasteiger charge is 2.16. The number of esters is 1. The molecule has 7 heteroatoms. The summed E-state index contributed by atoms with van der Waals surface area (Å²) in [6, 6.07) is 2.52. The van der Waals surface area contributed by atoms with Gasteiger partial charge >= 0.3 is 5.97 Å². The molecule has 1 saturated carbocycles. The summed E-state index contributed by atoms with van der Waals surface area (Å²) in [7, 11) is 1.31. The molecule has 2 aromatic rings. The van der Waals surface area contributed by atoms with E-state index in [1.807, 2.05) is 12.3 Å². The van der Waals surface area contributed by atoms with Crippen LogP contribution in [0.1, 0.15) is 54.5 Å². The van der Waals surface area contributed by atoms with E-state index < -0.39 is 5.97 Å². The maximum atomic E-state index is 11.3. The molecule has 0 amide bonds. The van der Waals surface area contributed by atoms with E-state index in [0.29, 0.717) is 12.6 Å². The van der Waals surface area contributed by atoms with Gasteiger partial charge < -0.3 is 4.74 Å². The van der Waals surface area contributed by atoms with Crippen molar-refractivity contribution < 1.29 is 9.53 Å². The Morgan fingerprint density at radius 1 is 1.33 bits per heavy atom. The molecule has 112 valence electrons. The number of ether oxygens (including phenoxy) is 1. The second kappa shape index (κ2) is 6.07. The first-order chi connectivity index (χ1) is 10.3. The first kappa shape index (κ1) is 13.8. The van der Waals surface area contributed by atoms with Crippen molar-refractivity contribution in [1.82, 2.24) is 24.5 Å². The molecule has 1 aliphatic rings. The normalized spacial score (nSPS) is 16.0. The Hall–Kier alpha value is -2.18. The molecule has 7 nitrogen and oxygen atoms in total. The zero-order valence-corrected chi connectivity index (χ0v) is 12.1. The second-order valence-electron chi connectivity index (χ2n) is 5.34. The van der Waals surface area contributed by atoms with E-state index in [4.69, 9.17) is 0 Å². The third kappa shape index (κ3) is 3.12. The molecule has 1 aliphatic carbocycles.